The number of nitrogens with one attached hydrogen (secondary N) is 2. The van der Waals surface area contributed by atoms with Crippen molar-refractivity contribution in [2.24, 2.45) is 0 Å². The Labute approximate surface area is 126 Å². The third-order valence-corrected chi connectivity index (χ3v) is 4.59. The molecule has 1 amide bonds. The molecule has 2 aromatic rings. The highest BCUT2D eigenvalue weighted by Crippen LogP contribution is 2.34. The third kappa shape index (κ3) is 2.66. The van der Waals surface area contributed by atoms with Crippen molar-refractivity contribution in [3.63, 3.8) is 0 Å². The molecule has 0 fully saturated rings. The van der Waals surface area contributed by atoms with Crippen molar-refractivity contribution >= 4 is 22.2 Å². The topological polar surface area (TPSA) is 77.8 Å². The number of rotatable bonds is 2. The summed E-state index contributed by atoms with van der Waals surface area (Å²) in [6, 6.07) is 5.75. The summed E-state index contributed by atoms with van der Waals surface area (Å²) in [5.41, 5.74) is 3.03. The van der Waals surface area contributed by atoms with Crippen LogP contribution >= 0.6 is 11.3 Å². The summed E-state index contributed by atoms with van der Waals surface area (Å²) in [6.07, 6.45) is 2.38. The normalized spacial score (nSPS) is 13.3. The molecule has 0 saturated carbocycles. The lowest BCUT2D eigenvalue weighted by Gasteiger charge is -2.11. The zero-order valence-electron chi connectivity index (χ0n) is 11.6. The van der Waals surface area contributed by atoms with Crippen molar-refractivity contribution in [2.45, 2.75) is 19.9 Å². The maximum atomic E-state index is 12.2. The van der Waals surface area contributed by atoms with Gasteiger partial charge in [0.25, 0.3) is 5.91 Å². The Kier molecular flexibility index (Phi) is 3.69. The molecule has 3 heterocycles. The fourth-order valence-electron chi connectivity index (χ4n) is 2.32. The van der Waals surface area contributed by atoms with Crippen LogP contribution in [-0.4, -0.2) is 17.4 Å². The van der Waals surface area contributed by atoms with E-state index in [1.807, 2.05) is 6.92 Å². The van der Waals surface area contributed by atoms with Gasteiger partial charge in [0.05, 0.1) is 11.1 Å². The smallest absolute Gasteiger partial charge is 0.257 e. The zero-order chi connectivity index (χ0) is 14.8. The molecule has 0 aromatic carbocycles. The van der Waals surface area contributed by atoms with Gasteiger partial charge in [-0.2, -0.15) is 5.26 Å². The average molecular weight is 298 g/mol. The van der Waals surface area contributed by atoms with Crippen LogP contribution < -0.4 is 10.6 Å². The Morgan fingerprint density at radius 1 is 1.52 bits per heavy atom. The molecule has 2 aromatic heterocycles. The molecule has 0 unspecified atom stereocenters. The lowest BCUT2D eigenvalue weighted by molar-refractivity contribution is 0.102. The standard InChI is InChI=1S/C15H14N4OS/c1-9-2-3-10(7-18-9)14(20)19-15-12(6-16)11-4-5-17-8-13(11)21-15/h2-3,7,17H,4-5,8H2,1H3,(H,19,20). The van der Waals surface area contributed by atoms with Gasteiger partial charge in [0.1, 0.15) is 11.1 Å². The van der Waals surface area contributed by atoms with Gasteiger partial charge in [-0.1, -0.05) is 0 Å². The largest absolute Gasteiger partial charge is 0.312 e. The van der Waals surface area contributed by atoms with E-state index in [0.29, 0.717) is 16.1 Å². The predicted octanol–water partition coefficient (Wildman–Crippen LogP) is 2.22. The Morgan fingerprint density at radius 3 is 3.10 bits per heavy atom. The zero-order valence-corrected chi connectivity index (χ0v) is 12.4. The van der Waals surface area contributed by atoms with Gasteiger partial charge >= 0.3 is 0 Å². The summed E-state index contributed by atoms with van der Waals surface area (Å²) >= 11 is 1.48. The van der Waals surface area contributed by atoms with Crippen molar-refractivity contribution in [3.8, 4) is 6.07 Å². The minimum atomic E-state index is -0.231. The Hall–Kier alpha value is -2.23. The summed E-state index contributed by atoms with van der Waals surface area (Å²) in [7, 11) is 0. The molecule has 21 heavy (non-hydrogen) atoms. The molecule has 6 heteroatoms. The van der Waals surface area contributed by atoms with E-state index in [4.69, 9.17) is 0 Å². The number of carbonyl (C=O) groups is 1. The van der Waals surface area contributed by atoms with Crippen LogP contribution in [0, 0.1) is 18.3 Å². The van der Waals surface area contributed by atoms with Gasteiger partial charge < -0.3 is 10.6 Å². The first-order valence-corrected chi connectivity index (χ1v) is 7.50. The molecule has 0 aliphatic carbocycles. The number of nitrogens with zero attached hydrogens (tertiary/aromatic N) is 2. The number of amides is 1. The van der Waals surface area contributed by atoms with Crippen molar-refractivity contribution in [3.05, 3.63) is 45.6 Å². The highest BCUT2D eigenvalue weighted by atomic mass is 32.1. The van der Waals surface area contributed by atoms with Gasteiger partial charge in [-0.25, -0.2) is 0 Å². The summed E-state index contributed by atoms with van der Waals surface area (Å²) in [5, 5.41) is 16.1. The van der Waals surface area contributed by atoms with Crippen molar-refractivity contribution < 1.29 is 4.79 Å². The number of aryl methyl sites for hydroxylation is 1. The minimum Gasteiger partial charge on any atom is -0.312 e. The number of anilines is 1. The molecule has 2 N–H and O–H groups in total. The van der Waals surface area contributed by atoms with E-state index < -0.39 is 0 Å². The molecule has 1 aliphatic heterocycles. The number of hydrogen-bond acceptors (Lipinski definition) is 5. The SMILES string of the molecule is Cc1ccc(C(=O)Nc2sc3c(c2C#N)CCNC3)cn1. The average Bonchev–Trinajstić information content (AvgIpc) is 2.84. The quantitative estimate of drug-likeness (QED) is 0.891. The van der Waals surface area contributed by atoms with Crippen LogP contribution in [0.4, 0.5) is 5.00 Å². The summed E-state index contributed by atoms with van der Waals surface area (Å²) in [6.45, 7) is 3.50. The third-order valence-electron chi connectivity index (χ3n) is 3.44. The van der Waals surface area contributed by atoms with Crippen LogP contribution in [0.15, 0.2) is 18.3 Å². The number of thiophene rings is 1. The molecule has 3 rings (SSSR count). The van der Waals surface area contributed by atoms with E-state index >= 15 is 0 Å². The lowest BCUT2D eigenvalue weighted by Crippen LogP contribution is -2.22. The van der Waals surface area contributed by atoms with Crippen molar-refractivity contribution in [2.75, 3.05) is 11.9 Å². The number of fused-ring (bicyclic) bond motifs is 1. The van der Waals surface area contributed by atoms with Crippen LogP contribution in [0.2, 0.25) is 0 Å². The molecule has 0 radical (unpaired) electrons. The lowest BCUT2D eigenvalue weighted by atomic mass is 10.1. The van der Waals surface area contributed by atoms with E-state index in [1.54, 1.807) is 18.3 Å². The van der Waals surface area contributed by atoms with Gasteiger partial charge in [0.2, 0.25) is 0 Å². The van der Waals surface area contributed by atoms with Crippen molar-refractivity contribution in [1.82, 2.24) is 10.3 Å². The van der Waals surface area contributed by atoms with Gasteiger partial charge in [0.15, 0.2) is 0 Å². The summed E-state index contributed by atoms with van der Waals surface area (Å²) < 4.78 is 0. The second-order valence-electron chi connectivity index (χ2n) is 4.89. The van der Waals surface area contributed by atoms with Crippen LogP contribution in [0.25, 0.3) is 0 Å². The van der Waals surface area contributed by atoms with Gasteiger partial charge in [0, 0.05) is 23.3 Å². The second-order valence-corrected chi connectivity index (χ2v) is 5.99. The molecule has 0 atom stereocenters. The van der Waals surface area contributed by atoms with Crippen LogP contribution in [0.3, 0.4) is 0 Å². The molecular weight excluding hydrogens is 284 g/mol. The first-order valence-electron chi connectivity index (χ1n) is 6.68. The molecule has 5 nitrogen and oxygen atoms in total. The predicted molar refractivity (Wildman–Crippen MR) is 81.4 cm³/mol. The summed E-state index contributed by atoms with van der Waals surface area (Å²) in [5.74, 6) is -0.231. The van der Waals surface area contributed by atoms with E-state index in [9.17, 15) is 10.1 Å². The molecular formula is C15H14N4OS. The first-order chi connectivity index (χ1) is 10.2. The highest BCUT2D eigenvalue weighted by Gasteiger charge is 2.21. The maximum Gasteiger partial charge on any atom is 0.257 e. The highest BCUT2D eigenvalue weighted by molar-refractivity contribution is 7.16. The van der Waals surface area contributed by atoms with Gasteiger partial charge in [-0.05, 0) is 37.6 Å². The molecule has 0 bridgehead atoms. The van der Waals surface area contributed by atoms with Crippen LogP contribution in [0.1, 0.15) is 32.1 Å². The Balaban J connectivity index is 1.88. The number of nitriles is 1. The van der Waals surface area contributed by atoms with E-state index in [2.05, 4.69) is 21.7 Å². The first kappa shape index (κ1) is 13.7. The van der Waals surface area contributed by atoms with Gasteiger partial charge in [-0.3, -0.25) is 9.78 Å². The fraction of sp³-hybridized carbons (Fsp3) is 0.267. The number of carbonyl (C=O) groups excluding carboxylic acids is 1. The molecule has 106 valence electrons. The number of aromatic nitrogens is 1. The summed E-state index contributed by atoms with van der Waals surface area (Å²) in [4.78, 5) is 17.5. The van der Waals surface area contributed by atoms with Crippen LogP contribution in [-0.2, 0) is 13.0 Å². The van der Waals surface area contributed by atoms with E-state index in [1.165, 1.54) is 11.3 Å². The van der Waals surface area contributed by atoms with Crippen molar-refractivity contribution in [1.29, 1.82) is 5.26 Å². The van der Waals surface area contributed by atoms with Crippen LogP contribution in [0.5, 0.6) is 0 Å². The Bertz CT molecular complexity index is 727. The molecule has 0 spiro atoms. The van der Waals surface area contributed by atoms with Gasteiger partial charge in [-0.15, -0.1) is 11.3 Å². The fourth-order valence-corrected chi connectivity index (χ4v) is 3.48. The number of pyridine rings is 1. The molecule has 0 saturated heterocycles. The number of hydrogen-bond donors (Lipinski definition) is 2. The van der Waals surface area contributed by atoms with E-state index in [0.717, 1.165) is 35.6 Å². The molecule has 1 aliphatic rings. The monoisotopic (exact) mass is 298 g/mol. The second kappa shape index (κ2) is 5.64. The maximum absolute atomic E-state index is 12.2. The minimum absolute atomic E-state index is 0.231. The Morgan fingerprint density at radius 2 is 2.38 bits per heavy atom. The van der Waals surface area contributed by atoms with E-state index in [-0.39, 0.29) is 5.91 Å².